The largest absolute Gasteiger partial charge is 0.493 e. The molecule has 1 aliphatic heterocycles. The summed E-state index contributed by atoms with van der Waals surface area (Å²) in [4.78, 5) is 26.4. The van der Waals surface area contributed by atoms with Crippen LogP contribution in [0.15, 0.2) is 12.1 Å². The molecule has 0 radical (unpaired) electrons. The predicted octanol–water partition coefficient (Wildman–Crippen LogP) is 1.79. The number of aliphatic carboxylic acids is 1. The van der Waals surface area contributed by atoms with Crippen molar-refractivity contribution in [1.29, 1.82) is 0 Å². The first-order valence-electron chi connectivity index (χ1n) is 8.85. The zero-order valence-electron chi connectivity index (χ0n) is 16.2. The van der Waals surface area contributed by atoms with Crippen LogP contribution in [-0.2, 0) is 4.79 Å². The van der Waals surface area contributed by atoms with Gasteiger partial charge in [-0.25, -0.2) is 0 Å². The van der Waals surface area contributed by atoms with E-state index in [-0.39, 0.29) is 25.4 Å². The second kappa shape index (κ2) is 8.47. The average molecular weight is 381 g/mol. The minimum atomic E-state index is -1.36. The van der Waals surface area contributed by atoms with Crippen molar-refractivity contribution in [2.45, 2.75) is 32.3 Å². The summed E-state index contributed by atoms with van der Waals surface area (Å²) >= 11 is 0. The number of carbonyl (C=O) groups excluding carboxylic acids is 1. The molecule has 1 aromatic carbocycles. The van der Waals surface area contributed by atoms with Gasteiger partial charge in [0.15, 0.2) is 11.5 Å². The number of carboxylic acid groups (broad SMARTS) is 1. The molecule has 1 heterocycles. The van der Waals surface area contributed by atoms with Crippen LogP contribution in [0.25, 0.3) is 0 Å². The summed E-state index contributed by atoms with van der Waals surface area (Å²) in [5.74, 6) is -0.371. The van der Waals surface area contributed by atoms with Crippen LogP contribution in [0.5, 0.6) is 17.2 Å². The zero-order chi connectivity index (χ0) is 20.2. The number of ether oxygens (including phenoxy) is 3. The minimum absolute atomic E-state index is 0.0488. The smallest absolute Gasteiger partial charge is 0.314 e. The first kappa shape index (κ1) is 20.8. The molecule has 0 bridgehead atoms. The molecule has 2 atom stereocenters. The zero-order valence-corrected chi connectivity index (χ0v) is 16.2. The third kappa shape index (κ3) is 3.80. The Morgan fingerprint density at radius 1 is 1.19 bits per heavy atom. The van der Waals surface area contributed by atoms with Crippen molar-refractivity contribution < 1.29 is 34.0 Å². The van der Waals surface area contributed by atoms with Crippen LogP contribution in [0, 0.1) is 5.41 Å². The molecule has 2 N–H and O–H groups in total. The van der Waals surface area contributed by atoms with Crippen molar-refractivity contribution in [2.24, 2.45) is 5.41 Å². The average Bonchev–Trinajstić information content (AvgIpc) is 2.67. The molecule has 0 aliphatic carbocycles. The molecule has 8 nitrogen and oxygen atoms in total. The monoisotopic (exact) mass is 381 g/mol. The number of methoxy groups -OCH3 is 3. The maximum Gasteiger partial charge on any atom is 0.314 e. The van der Waals surface area contributed by atoms with Gasteiger partial charge in [-0.05, 0) is 25.0 Å². The number of benzene rings is 1. The van der Waals surface area contributed by atoms with Crippen LogP contribution in [0.4, 0.5) is 0 Å². The Hall–Kier alpha value is -2.48. The fourth-order valence-electron chi connectivity index (χ4n) is 3.65. The fourth-order valence-corrected chi connectivity index (χ4v) is 3.65. The van der Waals surface area contributed by atoms with E-state index in [0.717, 1.165) is 0 Å². The molecule has 1 amide bonds. The van der Waals surface area contributed by atoms with Crippen LogP contribution in [-0.4, -0.2) is 67.5 Å². The molecule has 0 saturated carbocycles. The number of amides is 1. The number of rotatable bonds is 7. The van der Waals surface area contributed by atoms with E-state index >= 15 is 0 Å². The highest BCUT2D eigenvalue weighted by Crippen LogP contribution is 2.40. The number of hydrogen-bond acceptors (Lipinski definition) is 6. The van der Waals surface area contributed by atoms with Gasteiger partial charge in [0.05, 0.1) is 27.4 Å². The van der Waals surface area contributed by atoms with Crippen molar-refractivity contribution in [2.75, 3.05) is 34.4 Å². The number of aliphatic hydroxyl groups excluding tert-OH is 1. The van der Waals surface area contributed by atoms with E-state index in [1.54, 1.807) is 0 Å². The summed E-state index contributed by atoms with van der Waals surface area (Å²) in [5, 5.41) is 20.1. The highest BCUT2D eigenvalue weighted by Gasteiger charge is 2.49. The van der Waals surface area contributed by atoms with Gasteiger partial charge in [-0.1, -0.05) is 13.3 Å². The van der Waals surface area contributed by atoms with Crippen LogP contribution in [0.3, 0.4) is 0 Å². The van der Waals surface area contributed by atoms with Crippen LogP contribution in [0.2, 0.25) is 0 Å². The molecule has 27 heavy (non-hydrogen) atoms. The molecule has 1 fully saturated rings. The number of carbonyl (C=O) groups is 2. The van der Waals surface area contributed by atoms with Crippen molar-refractivity contribution in [3.8, 4) is 17.2 Å². The van der Waals surface area contributed by atoms with E-state index < -0.39 is 17.5 Å². The van der Waals surface area contributed by atoms with E-state index in [4.69, 9.17) is 14.2 Å². The Bertz CT molecular complexity index is 680. The van der Waals surface area contributed by atoms with E-state index in [1.165, 1.54) is 38.4 Å². The maximum absolute atomic E-state index is 13.1. The molecular formula is C19H27NO7. The number of nitrogens with zero attached hydrogens (tertiary/aromatic N) is 1. The summed E-state index contributed by atoms with van der Waals surface area (Å²) < 4.78 is 15.8. The minimum Gasteiger partial charge on any atom is -0.493 e. The third-order valence-electron chi connectivity index (χ3n) is 5.10. The first-order valence-corrected chi connectivity index (χ1v) is 8.85. The quantitative estimate of drug-likeness (QED) is 0.742. The first-order chi connectivity index (χ1) is 12.8. The van der Waals surface area contributed by atoms with Crippen molar-refractivity contribution in [3.63, 3.8) is 0 Å². The lowest BCUT2D eigenvalue weighted by atomic mass is 9.74. The van der Waals surface area contributed by atoms with Crippen LogP contribution in [0.1, 0.15) is 36.5 Å². The van der Waals surface area contributed by atoms with Crippen LogP contribution >= 0.6 is 0 Å². The lowest BCUT2D eigenvalue weighted by molar-refractivity contribution is -0.162. The van der Waals surface area contributed by atoms with Crippen molar-refractivity contribution >= 4 is 11.9 Å². The van der Waals surface area contributed by atoms with Gasteiger partial charge in [0.1, 0.15) is 5.41 Å². The lowest BCUT2D eigenvalue weighted by Crippen LogP contribution is -2.57. The number of carboxylic acids is 1. The SMILES string of the molecule is CCC[C@@]1(C(=O)O)CN(C(=O)c2cc(OC)c(OC)c(OC)c2)CC[C@H]1O. The summed E-state index contributed by atoms with van der Waals surface area (Å²) in [6.45, 7) is 2.08. The highest BCUT2D eigenvalue weighted by molar-refractivity contribution is 5.96. The summed E-state index contributed by atoms with van der Waals surface area (Å²) in [6.07, 6.45) is 0.111. The molecule has 0 unspecified atom stereocenters. The predicted molar refractivity (Wildman–Crippen MR) is 97.6 cm³/mol. The van der Waals surface area contributed by atoms with Gasteiger partial charge in [-0.3, -0.25) is 9.59 Å². The second-order valence-corrected chi connectivity index (χ2v) is 6.66. The Labute approximate surface area is 158 Å². The summed E-state index contributed by atoms with van der Waals surface area (Å²) in [5.41, 5.74) is -1.06. The van der Waals surface area contributed by atoms with Crippen LogP contribution < -0.4 is 14.2 Å². The molecule has 1 aliphatic rings. The van der Waals surface area contributed by atoms with Gasteiger partial charge in [-0.2, -0.15) is 0 Å². The second-order valence-electron chi connectivity index (χ2n) is 6.66. The van der Waals surface area contributed by atoms with E-state index in [0.29, 0.717) is 35.7 Å². The third-order valence-corrected chi connectivity index (χ3v) is 5.10. The van der Waals surface area contributed by atoms with E-state index in [1.807, 2.05) is 6.92 Å². The van der Waals surface area contributed by atoms with Crippen molar-refractivity contribution in [3.05, 3.63) is 17.7 Å². The van der Waals surface area contributed by atoms with E-state index in [2.05, 4.69) is 0 Å². The molecular weight excluding hydrogens is 354 g/mol. The Morgan fingerprint density at radius 3 is 2.22 bits per heavy atom. The van der Waals surface area contributed by atoms with Crippen molar-refractivity contribution in [1.82, 2.24) is 4.90 Å². The topological polar surface area (TPSA) is 106 Å². The molecule has 0 spiro atoms. The van der Waals surface area contributed by atoms with Gasteiger partial charge < -0.3 is 29.3 Å². The molecule has 1 aromatic rings. The number of hydrogen-bond donors (Lipinski definition) is 2. The van der Waals surface area contributed by atoms with E-state index in [9.17, 15) is 19.8 Å². The fraction of sp³-hybridized carbons (Fsp3) is 0.579. The van der Waals surface area contributed by atoms with Gasteiger partial charge in [-0.15, -0.1) is 0 Å². The van der Waals surface area contributed by atoms with Gasteiger partial charge in [0.25, 0.3) is 5.91 Å². The molecule has 0 aromatic heterocycles. The Kier molecular flexibility index (Phi) is 6.54. The van der Waals surface area contributed by atoms with Gasteiger partial charge in [0.2, 0.25) is 5.75 Å². The lowest BCUT2D eigenvalue weighted by Gasteiger charge is -2.43. The standard InChI is InChI=1S/C19H27NO7/c1-5-7-19(18(23)24)11-20(8-6-15(19)21)17(22)12-9-13(25-2)16(27-4)14(10-12)26-3/h9-10,15,21H,5-8,11H2,1-4H3,(H,23,24)/t15-,19-/m1/s1. The number of piperidine rings is 1. The maximum atomic E-state index is 13.1. The van der Waals surface area contributed by atoms with Gasteiger partial charge in [0, 0.05) is 18.7 Å². The van der Waals surface area contributed by atoms with Gasteiger partial charge >= 0.3 is 5.97 Å². The summed E-state index contributed by atoms with van der Waals surface area (Å²) in [6, 6.07) is 3.08. The Morgan fingerprint density at radius 2 is 1.78 bits per heavy atom. The normalized spacial score (nSPS) is 22.3. The highest BCUT2D eigenvalue weighted by atomic mass is 16.5. The number of likely N-dealkylation sites (tertiary alicyclic amines) is 1. The molecule has 8 heteroatoms. The molecule has 2 rings (SSSR count). The number of aliphatic hydroxyl groups is 1. The summed E-state index contributed by atoms with van der Waals surface area (Å²) in [7, 11) is 4.39. The molecule has 1 saturated heterocycles. The molecule has 150 valence electrons. The Balaban J connectivity index is 2.38.